The van der Waals surface area contributed by atoms with E-state index in [9.17, 15) is 0 Å². The minimum absolute atomic E-state index is 0.546. The lowest BCUT2D eigenvalue weighted by Crippen LogP contribution is -2.29. The van der Waals surface area contributed by atoms with Crippen molar-refractivity contribution in [2.75, 3.05) is 13.2 Å². The van der Waals surface area contributed by atoms with Gasteiger partial charge in [0.25, 0.3) is 0 Å². The standard InChI is InChI=1S/C14H23NOS/c1-12(11-14-7-4-10-17-14)15-8-2-5-13-6-3-9-16-13/h4,7,10,12-13,15H,2-3,5-6,8-9,11H2,1H3. The molecule has 2 unspecified atom stereocenters. The van der Waals surface area contributed by atoms with Crippen molar-refractivity contribution in [3.63, 3.8) is 0 Å². The molecule has 17 heavy (non-hydrogen) atoms. The molecule has 0 aliphatic carbocycles. The Morgan fingerprint density at radius 3 is 3.24 bits per heavy atom. The van der Waals surface area contributed by atoms with Crippen LogP contribution in [0.2, 0.25) is 0 Å². The molecule has 0 amide bonds. The summed E-state index contributed by atoms with van der Waals surface area (Å²) in [6.45, 7) is 4.37. The predicted octanol–water partition coefficient (Wildman–Crippen LogP) is 3.23. The molecule has 2 heterocycles. The van der Waals surface area contributed by atoms with E-state index in [1.165, 1.54) is 30.6 Å². The van der Waals surface area contributed by atoms with Crippen LogP contribution in [0.1, 0.15) is 37.5 Å². The number of thiophene rings is 1. The zero-order valence-corrected chi connectivity index (χ0v) is 11.5. The molecule has 2 nitrogen and oxygen atoms in total. The van der Waals surface area contributed by atoms with Crippen LogP contribution in [0.15, 0.2) is 17.5 Å². The summed E-state index contributed by atoms with van der Waals surface area (Å²) in [6.07, 6.45) is 6.68. The van der Waals surface area contributed by atoms with Crippen LogP contribution in [0, 0.1) is 0 Å². The van der Waals surface area contributed by atoms with Crippen molar-refractivity contribution in [3.05, 3.63) is 22.4 Å². The van der Waals surface area contributed by atoms with Crippen LogP contribution in [0.5, 0.6) is 0 Å². The zero-order chi connectivity index (χ0) is 11.9. The summed E-state index contributed by atoms with van der Waals surface area (Å²) in [5.74, 6) is 0. The molecule has 1 fully saturated rings. The van der Waals surface area contributed by atoms with Gasteiger partial charge in [-0.3, -0.25) is 0 Å². The number of nitrogens with one attached hydrogen (secondary N) is 1. The highest BCUT2D eigenvalue weighted by Gasteiger charge is 2.14. The van der Waals surface area contributed by atoms with E-state index < -0.39 is 0 Å². The SMILES string of the molecule is CC(Cc1cccs1)NCCCC1CCCO1. The average Bonchev–Trinajstić information content (AvgIpc) is 2.96. The van der Waals surface area contributed by atoms with E-state index >= 15 is 0 Å². The van der Waals surface area contributed by atoms with Gasteiger partial charge in [0.05, 0.1) is 6.10 Å². The Kier molecular flexibility index (Phi) is 5.49. The van der Waals surface area contributed by atoms with Gasteiger partial charge in [-0.25, -0.2) is 0 Å². The topological polar surface area (TPSA) is 21.3 Å². The largest absolute Gasteiger partial charge is 0.378 e. The molecule has 1 aromatic rings. The Morgan fingerprint density at radius 1 is 1.59 bits per heavy atom. The van der Waals surface area contributed by atoms with Crippen molar-refractivity contribution in [3.8, 4) is 0 Å². The normalized spacial score (nSPS) is 21.8. The maximum Gasteiger partial charge on any atom is 0.0576 e. The molecule has 2 atom stereocenters. The van der Waals surface area contributed by atoms with Gasteiger partial charge in [-0.05, 0) is 57.0 Å². The third kappa shape index (κ3) is 4.78. The van der Waals surface area contributed by atoms with Gasteiger partial charge in [0.15, 0.2) is 0 Å². The predicted molar refractivity (Wildman–Crippen MR) is 73.7 cm³/mol. The lowest BCUT2D eigenvalue weighted by Gasteiger charge is -2.14. The molecular weight excluding hydrogens is 230 g/mol. The first kappa shape index (κ1) is 13.1. The summed E-state index contributed by atoms with van der Waals surface area (Å²) in [7, 11) is 0. The molecule has 0 saturated carbocycles. The fraction of sp³-hybridized carbons (Fsp3) is 0.714. The minimum atomic E-state index is 0.546. The van der Waals surface area contributed by atoms with Crippen LogP contribution in [-0.2, 0) is 11.2 Å². The van der Waals surface area contributed by atoms with E-state index in [4.69, 9.17) is 4.74 Å². The summed E-state index contributed by atoms with van der Waals surface area (Å²) in [4.78, 5) is 1.48. The van der Waals surface area contributed by atoms with Crippen molar-refractivity contribution < 1.29 is 4.74 Å². The van der Waals surface area contributed by atoms with Crippen molar-refractivity contribution in [2.24, 2.45) is 0 Å². The van der Waals surface area contributed by atoms with E-state index in [1.54, 1.807) is 0 Å². The molecule has 1 saturated heterocycles. The molecule has 1 aromatic heterocycles. The molecular formula is C14H23NOS. The van der Waals surface area contributed by atoms with E-state index in [0.29, 0.717) is 12.1 Å². The van der Waals surface area contributed by atoms with Crippen molar-refractivity contribution in [1.29, 1.82) is 0 Å². The van der Waals surface area contributed by atoms with Crippen LogP contribution in [0.25, 0.3) is 0 Å². The van der Waals surface area contributed by atoms with Gasteiger partial charge in [0, 0.05) is 17.5 Å². The van der Waals surface area contributed by atoms with E-state index in [0.717, 1.165) is 19.6 Å². The lowest BCUT2D eigenvalue weighted by atomic mass is 10.1. The number of hydrogen-bond donors (Lipinski definition) is 1. The third-order valence-electron chi connectivity index (χ3n) is 3.31. The van der Waals surface area contributed by atoms with Gasteiger partial charge >= 0.3 is 0 Å². The smallest absolute Gasteiger partial charge is 0.0576 e. The first-order chi connectivity index (χ1) is 8.34. The molecule has 0 aromatic carbocycles. The Hall–Kier alpha value is -0.380. The van der Waals surface area contributed by atoms with Gasteiger partial charge in [0.1, 0.15) is 0 Å². The van der Waals surface area contributed by atoms with Gasteiger partial charge in [0.2, 0.25) is 0 Å². The second kappa shape index (κ2) is 7.14. The Balaban J connectivity index is 1.52. The Bertz CT molecular complexity index is 293. The Morgan fingerprint density at radius 2 is 2.53 bits per heavy atom. The molecule has 0 radical (unpaired) electrons. The summed E-state index contributed by atoms with van der Waals surface area (Å²) >= 11 is 1.85. The van der Waals surface area contributed by atoms with E-state index in [2.05, 4.69) is 29.8 Å². The van der Waals surface area contributed by atoms with Gasteiger partial charge in [-0.15, -0.1) is 11.3 Å². The fourth-order valence-electron chi connectivity index (χ4n) is 2.35. The average molecular weight is 253 g/mol. The molecule has 2 rings (SSSR count). The number of hydrogen-bond acceptors (Lipinski definition) is 3. The molecule has 96 valence electrons. The van der Waals surface area contributed by atoms with Crippen molar-refractivity contribution in [1.82, 2.24) is 5.32 Å². The first-order valence-corrected chi connectivity index (χ1v) is 7.60. The molecule has 0 spiro atoms. The van der Waals surface area contributed by atoms with Crippen LogP contribution in [0.3, 0.4) is 0 Å². The van der Waals surface area contributed by atoms with Crippen LogP contribution in [0.4, 0.5) is 0 Å². The molecule has 1 aliphatic heterocycles. The second-order valence-electron chi connectivity index (χ2n) is 4.92. The first-order valence-electron chi connectivity index (χ1n) is 6.72. The quantitative estimate of drug-likeness (QED) is 0.753. The Labute approximate surface area is 108 Å². The van der Waals surface area contributed by atoms with Crippen LogP contribution in [-0.4, -0.2) is 25.3 Å². The van der Waals surface area contributed by atoms with Gasteiger partial charge < -0.3 is 10.1 Å². The lowest BCUT2D eigenvalue weighted by molar-refractivity contribution is 0.102. The number of ether oxygens (including phenoxy) is 1. The summed E-state index contributed by atoms with van der Waals surface area (Å²) in [5, 5.41) is 5.75. The van der Waals surface area contributed by atoms with Gasteiger partial charge in [-0.1, -0.05) is 6.07 Å². The molecule has 1 aliphatic rings. The highest BCUT2D eigenvalue weighted by molar-refractivity contribution is 7.09. The zero-order valence-electron chi connectivity index (χ0n) is 10.7. The highest BCUT2D eigenvalue weighted by atomic mass is 32.1. The minimum Gasteiger partial charge on any atom is -0.378 e. The van der Waals surface area contributed by atoms with Crippen molar-refractivity contribution in [2.45, 2.75) is 51.2 Å². The third-order valence-corrected chi connectivity index (χ3v) is 4.21. The van der Waals surface area contributed by atoms with E-state index in [1.807, 2.05) is 11.3 Å². The summed E-state index contributed by atoms with van der Waals surface area (Å²) in [6, 6.07) is 4.93. The second-order valence-corrected chi connectivity index (χ2v) is 5.95. The van der Waals surface area contributed by atoms with Crippen molar-refractivity contribution >= 4 is 11.3 Å². The highest BCUT2D eigenvalue weighted by Crippen LogP contribution is 2.16. The summed E-state index contributed by atoms with van der Waals surface area (Å²) in [5.41, 5.74) is 0. The van der Waals surface area contributed by atoms with E-state index in [-0.39, 0.29) is 0 Å². The maximum atomic E-state index is 5.62. The molecule has 0 bridgehead atoms. The number of rotatable bonds is 7. The monoisotopic (exact) mass is 253 g/mol. The summed E-state index contributed by atoms with van der Waals surface area (Å²) < 4.78 is 5.62. The van der Waals surface area contributed by atoms with Crippen LogP contribution >= 0.6 is 11.3 Å². The molecule has 1 N–H and O–H groups in total. The molecule has 3 heteroatoms. The van der Waals surface area contributed by atoms with Gasteiger partial charge in [-0.2, -0.15) is 0 Å². The van der Waals surface area contributed by atoms with Crippen LogP contribution < -0.4 is 5.32 Å². The fourth-order valence-corrected chi connectivity index (χ4v) is 3.19. The maximum absolute atomic E-state index is 5.62.